The zero-order chi connectivity index (χ0) is 26.9. The highest BCUT2D eigenvalue weighted by Gasteiger charge is 2.35. The minimum absolute atomic E-state index is 0.563. The van der Waals surface area contributed by atoms with Crippen molar-refractivity contribution in [3.8, 4) is 0 Å². The second-order valence-corrected chi connectivity index (χ2v) is 15.6. The Morgan fingerprint density at radius 2 is 0.763 bits per heavy atom. The molecule has 0 bridgehead atoms. The maximum Gasteiger partial charge on any atom is 0.0155 e. The predicted octanol–water partition coefficient (Wildman–Crippen LogP) is 9.17. The number of hydrogen-bond acceptors (Lipinski definition) is 0. The number of aryl methyl sites for hydroxylation is 4. The molecule has 2 heteroatoms. The lowest BCUT2D eigenvalue weighted by molar-refractivity contribution is 0.621. The highest BCUT2D eigenvalue weighted by molar-refractivity contribution is 7.89. The molecule has 0 aliphatic rings. The maximum absolute atomic E-state index is 2.43. The zero-order valence-electron chi connectivity index (χ0n) is 24.0. The third-order valence-corrected chi connectivity index (χ3v) is 14.8. The minimum Gasteiger partial charge on any atom is -0.0654 e. The zero-order valence-corrected chi connectivity index (χ0v) is 25.7. The van der Waals surface area contributed by atoms with Crippen molar-refractivity contribution >= 4 is 37.1 Å². The molecule has 0 atom stereocenters. The highest BCUT2D eigenvalue weighted by Crippen LogP contribution is 2.59. The van der Waals surface area contributed by atoms with E-state index in [9.17, 15) is 0 Å². The number of benzene rings is 4. The molecule has 0 N–H and O–H groups in total. The van der Waals surface area contributed by atoms with Crippen LogP contribution in [0.1, 0.15) is 67.7 Å². The SMILES string of the molecule is CCCCCCCC(P(c1ccccc1C)c1ccccc1C)P(c1ccccc1C)c1ccccc1C. The van der Waals surface area contributed by atoms with Gasteiger partial charge in [0.05, 0.1) is 0 Å². The van der Waals surface area contributed by atoms with Gasteiger partial charge in [0, 0.05) is 5.40 Å². The fourth-order valence-electron chi connectivity index (χ4n) is 5.54. The molecule has 4 rings (SSSR count). The van der Waals surface area contributed by atoms with E-state index in [2.05, 4.69) is 132 Å². The first-order chi connectivity index (χ1) is 18.5. The van der Waals surface area contributed by atoms with Gasteiger partial charge in [0.1, 0.15) is 0 Å². The third kappa shape index (κ3) is 6.84. The van der Waals surface area contributed by atoms with Gasteiger partial charge in [-0.1, -0.05) is 136 Å². The molecule has 0 unspecified atom stereocenters. The fraction of sp³-hybridized carbons (Fsp3) is 0.333. The van der Waals surface area contributed by atoms with E-state index in [0.717, 1.165) is 0 Å². The summed E-state index contributed by atoms with van der Waals surface area (Å²) in [5.41, 5.74) is 5.73. The van der Waals surface area contributed by atoms with E-state index >= 15 is 0 Å². The van der Waals surface area contributed by atoms with Crippen LogP contribution in [0, 0.1) is 27.7 Å². The van der Waals surface area contributed by atoms with Gasteiger partial charge in [0.15, 0.2) is 0 Å². The first-order valence-corrected chi connectivity index (χ1v) is 17.2. The maximum atomic E-state index is 2.43. The number of rotatable bonds is 12. The Hall–Kier alpha value is -2.26. The largest absolute Gasteiger partial charge is 0.0654 e. The lowest BCUT2D eigenvalue weighted by atomic mass is 10.1. The molecular formula is C36H44P2. The van der Waals surface area contributed by atoms with Gasteiger partial charge in [-0.2, -0.15) is 0 Å². The van der Waals surface area contributed by atoms with Crippen molar-refractivity contribution in [2.75, 3.05) is 0 Å². The minimum atomic E-state index is -0.563. The molecule has 0 fully saturated rings. The quantitative estimate of drug-likeness (QED) is 0.125. The Morgan fingerprint density at radius 1 is 0.447 bits per heavy atom. The predicted molar refractivity (Wildman–Crippen MR) is 174 cm³/mol. The van der Waals surface area contributed by atoms with Gasteiger partial charge in [0.2, 0.25) is 0 Å². The molecule has 0 radical (unpaired) electrons. The van der Waals surface area contributed by atoms with Gasteiger partial charge in [-0.3, -0.25) is 0 Å². The summed E-state index contributed by atoms with van der Waals surface area (Å²) in [4.78, 5) is 0. The second kappa shape index (κ2) is 14.2. The van der Waals surface area contributed by atoms with Crippen LogP contribution in [0.15, 0.2) is 97.1 Å². The van der Waals surface area contributed by atoms with E-state index in [1.165, 1.54) is 60.8 Å². The van der Waals surface area contributed by atoms with Crippen molar-refractivity contribution < 1.29 is 0 Å². The van der Waals surface area contributed by atoms with Crippen molar-refractivity contribution in [3.63, 3.8) is 0 Å². The van der Waals surface area contributed by atoms with Crippen LogP contribution in [0.4, 0.5) is 0 Å². The van der Waals surface area contributed by atoms with Crippen LogP contribution in [0.25, 0.3) is 0 Å². The van der Waals surface area contributed by atoms with Crippen LogP contribution in [0.2, 0.25) is 0 Å². The van der Waals surface area contributed by atoms with Crippen molar-refractivity contribution in [2.45, 2.75) is 78.5 Å². The molecule has 0 nitrogen and oxygen atoms in total. The van der Waals surface area contributed by atoms with E-state index in [1.807, 2.05) is 0 Å². The molecular weight excluding hydrogens is 494 g/mol. The second-order valence-electron chi connectivity index (χ2n) is 10.6. The molecule has 0 aromatic heterocycles. The molecule has 0 amide bonds. The molecule has 0 saturated heterocycles. The molecule has 198 valence electrons. The summed E-state index contributed by atoms with van der Waals surface area (Å²) in [6.45, 7) is 11.6. The Kier molecular flexibility index (Phi) is 10.8. The average Bonchev–Trinajstić information content (AvgIpc) is 2.92. The molecule has 0 saturated carbocycles. The van der Waals surface area contributed by atoms with Crippen LogP contribution in [-0.2, 0) is 0 Å². The number of unbranched alkanes of at least 4 members (excludes halogenated alkanes) is 4. The summed E-state index contributed by atoms with van der Waals surface area (Å²) >= 11 is 0. The molecule has 4 aromatic rings. The van der Waals surface area contributed by atoms with E-state index in [-0.39, 0.29) is 0 Å². The van der Waals surface area contributed by atoms with Crippen LogP contribution in [0.5, 0.6) is 0 Å². The Balaban J connectivity index is 1.95. The van der Waals surface area contributed by atoms with Gasteiger partial charge in [-0.15, -0.1) is 0 Å². The van der Waals surface area contributed by atoms with E-state index in [4.69, 9.17) is 0 Å². The Bertz CT molecular complexity index is 1120. The van der Waals surface area contributed by atoms with Gasteiger partial charge in [-0.25, -0.2) is 0 Å². The average molecular weight is 539 g/mol. The first-order valence-electron chi connectivity index (χ1n) is 14.3. The van der Waals surface area contributed by atoms with E-state index in [0.29, 0.717) is 5.40 Å². The van der Waals surface area contributed by atoms with E-state index in [1.54, 1.807) is 21.2 Å². The van der Waals surface area contributed by atoms with Crippen molar-refractivity contribution in [1.82, 2.24) is 0 Å². The fourth-order valence-corrected chi connectivity index (χ4v) is 13.4. The summed E-state index contributed by atoms with van der Waals surface area (Å²) in [6.07, 6.45) is 7.90. The Labute approximate surface area is 234 Å². The monoisotopic (exact) mass is 538 g/mol. The number of hydrogen-bond donors (Lipinski definition) is 0. The third-order valence-electron chi connectivity index (χ3n) is 7.66. The highest BCUT2D eigenvalue weighted by atomic mass is 31.2. The van der Waals surface area contributed by atoms with Crippen molar-refractivity contribution in [2.24, 2.45) is 0 Å². The van der Waals surface area contributed by atoms with Crippen LogP contribution < -0.4 is 21.2 Å². The summed E-state index contributed by atoms with van der Waals surface area (Å²) in [7, 11) is -1.13. The molecule has 0 aliphatic heterocycles. The standard InChI is InChI=1S/C36H44P2/c1-6-7-8-9-10-27-36(37(32-23-15-11-19-28(32)2)33-24-16-12-20-29(33)3)38(34-25-17-13-21-30(34)4)35-26-18-14-22-31(35)5/h11-26,36H,6-10,27H2,1-5H3. The normalized spacial score (nSPS) is 11.6. The summed E-state index contributed by atoms with van der Waals surface area (Å²) < 4.78 is 0. The van der Waals surface area contributed by atoms with Crippen LogP contribution in [0.3, 0.4) is 0 Å². The van der Waals surface area contributed by atoms with Gasteiger partial charge >= 0.3 is 0 Å². The molecule has 0 aliphatic carbocycles. The Morgan fingerprint density at radius 3 is 1.08 bits per heavy atom. The smallest absolute Gasteiger partial charge is 0.0155 e. The van der Waals surface area contributed by atoms with Gasteiger partial charge in [-0.05, 0) is 93.4 Å². The lowest BCUT2D eigenvalue weighted by Gasteiger charge is -2.38. The van der Waals surface area contributed by atoms with E-state index < -0.39 is 15.8 Å². The lowest BCUT2D eigenvalue weighted by Crippen LogP contribution is -2.30. The van der Waals surface area contributed by atoms with Gasteiger partial charge in [0.25, 0.3) is 0 Å². The van der Waals surface area contributed by atoms with Gasteiger partial charge < -0.3 is 0 Å². The molecule has 0 spiro atoms. The molecule has 4 aromatic carbocycles. The molecule has 0 heterocycles. The summed E-state index contributed by atoms with van der Waals surface area (Å²) in [5.74, 6) is 0. The van der Waals surface area contributed by atoms with Crippen molar-refractivity contribution in [1.29, 1.82) is 0 Å². The van der Waals surface area contributed by atoms with Crippen molar-refractivity contribution in [3.05, 3.63) is 119 Å². The van der Waals surface area contributed by atoms with Crippen LogP contribution in [-0.4, -0.2) is 5.40 Å². The molecule has 38 heavy (non-hydrogen) atoms. The van der Waals surface area contributed by atoms with Crippen LogP contribution >= 0.6 is 15.8 Å². The first kappa shape index (κ1) is 28.7. The summed E-state index contributed by atoms with van der Waals surface area (Å²) in [6, 6.07) is 36.9. The topological polar surface area (TPSA) is 0 Å². The summed E-state index contributed by atoms with van der Waals surface area (Å²) in [5, 5.41) is 6.82.